The summed E-state index contributed by atoms with van der Waals surface area (Å²) in [5.74, 6) is -0.297. The van der Waals surface area contributed by atoms with E-state index in [-0.39, 0.29) is 11.6 Å². The highest BCUT2D eigenvalue weighted by molar-refractivity contribution is 9.10. The van der Waals surface area contributed by atoms with Crippen LogP contribution in [-0.2, 0) is 16.2 Å². The molecule has 32 heavy (non-hydrogen) atoms. The van der Waals surface area contributed by atoms with Crippen LogP contribution in [0.3, 0.4) is 0 Å². The summed E-state index contributed by atoms with van der Waals surface area (Å²) in [4.78, 5) is 38.9. The highest BCUT2D eigenvalue weighted by Crippen LogP contribution is 2.38. The second-order valence-corrected chi connectivity index (χ2v) is 8.59. The lowest BCUT2D eigenvalue weighted by Crippen LogP contribution is -2.57. The predicted octanol–water partition coefficient (Wildman–Crippen LogP) is 4.44. The van der Waals surface area contributed by atoms with Gasteiger partial charge in [0.15, 0.2) is 11.5 Å². The molecule has 0 aromatic heterocycles. The zero-order valence-corrected chi connectivity index (χ0v) is 19.2. The van der Waals surface area contributed by atoms with Gasteiger partial charge in [0, 0.05) is 6.04 Å². The van der Waals surface area contributed by atoms with Gasteiger partial charge in [-0.1, -0.05) is 43.2 Å². The Morgan fingerprint density at radius 1 is 1.12 bits per heavy atom. The van der Waals surface area contributed by atoms with E-state index in [4.69, 9.17) is 9.47 Å². The maximum absolute atomic E-state index is 13.0. The van der Waals surface area contributed by atoms with Crippen molar-refractivity contribution in [2.24, 2.45) is 0 Å². The van der Waals surface area contributed by atoms with Crippen LogP contribution in [-0.4, -0.2) is 35.9 Å². The molecule has 0 spiro atoms. The van der Waals surface area contributed by atoms with Crippen molar-refractivity contribution >= 4 is 39.9 Å². The Hall–Kier alpha value is -3.13. The van der Waals surface area contributed by atoms with Gasteiger partial charge in [-0.05, 0) is 58.1 Å². The minimum absolute atomic E-state index is 0.0802. The van der Waals surface area contributed by atoms with Gasteiger partial charge in [-0.15, -0.1) is 0 Å². The van der Waals surface area contributed by atoms with Gasteiger partial charge in [0.1, 0.15) is 12.2 Å². The Labute approximate surface area is 194 Å². The van der Waals surface area contributed by atoms with Crippen molar-refractivity contribution in [1.29, 1.82) is 0 Å². The van der Waals surface area contributed by atoms with Crippen LogP contribution in [0.5, 0.6) is 11.5 Å². The van der Waals surface area contributed by atoms with Crippen LogP contribution in [0.1, 0.15) is 36.8 Å². The second-order valence-electron chi connectivity index (χ2n) is 7.74. The van der Waals surface area contributed by atoms with Crippen LogP contribution in [0.15, 0.2) is 52.5 Å². The predicted molar refractivity (Wildman–Crippen MR) is 122 cm³/mol. The number of urea groups is 1. The molecule has 7 nitrogen and oxygen atoms in total. The van der Waals surface area contributed by atoms with E-state index in [1.54, 1.807) is 12.1 Å². The Balaban J connectivity index is 1.61. The van der Waals surface area contributed by atoms with Gasteiger partial charge >= 0.3 is 6.03 Å². The lowest BCUT2D eigenvalue weighted by molar-refractivity contribution is -0.131. The first kappa shape index (κ1) is 22.1. The van der Waals surface area contributed by atoms with Gasteiger partial charge in [-0.25, -0.2) is 4.79 Å². The summed E-state index contributed by atoms with van der Waals surface area (Å²) in [7, 11) is 1.52. The first-order valence-electron chi connectivity index (χ1n) is 10.4. The maximum atomic E-state index is 13.0. The molecule has 1 heterocycles. The zero-order valence-electron chi connectivity index (χ0n) is 17.6. The number of carbonyl (C=O) groups excluding carboxylic acids is 3. The highest BCUT2D eigenvalue weighted by Gasteiger charge is 2.40. The molecule has 2 fully saturated rings. The average molecular weight is 499 g/mol. The van der Waals surface area contributed by atoms with Crippen molar-refractivity contribution in [2.75, 3.05) is 7.11 Å². The molecule has 1 N–H and O–H groups in total. The summed E-state index contributed by atoms with van der Waals surface area (Å²) in [6.07, 6.45) is 4.91. The van der Waals surface area contributed by atoms with Crippen LogP contribution in [0, 0.1) is 0 Å². The van der Waals surface area contributed by atoms with Gasteiger partial charge in [0.25, 0.3) is 11.8 Å². The third kappa shape index (κ3) is 4.55. The van der Waals surface area contributed by atoms with E-state index < -0.39 is 17.8 Å². The molecule has 2 aromatic rings. The first-order valence-corrected chi connectivity index (χ1v) is 11.2. The summed E-state index contributed by atoms with van der Waals surface area (Å²) < 4.78 is 12.0. The Morgan fingerprint density at radius 3 is 2.53 bits per heavy atom. The smallest absolute Gasteiger partial charge is 0.331 e. The number of imide groups is 2. The third-order valence-corrected chi connectivity index (χ3v) is 6.20. The average Bonchev–Trinajstić information content (AvgIpc) is 3.30. The number of halogens is 1. The molecule has 1 saturated carbocycles. The molecular formula is C24H23BrN2O5. The van der Waals surface area contributed by atoms with E-state index in [0.29, 0.717) is 28.1 Å². The number of hydrogen-bond acceptors (Lipinski definition) is 5. The van der Waals surface area contributed by atoms with Crippen LogP contribution in [0.25, 0.3) is 6.08 Å². The molecule has 2 aliphatic rings. The van der Waals surface area contributed by atoms with Crippen molar-refractivity contribution in [2.45, 2.75) is 38.3 Å². The molecular weight excluding hydrogens is 476 g/mol. The van der Waals surface area contributed by atoms with Crippen LogP contribution in [0.4, 0.5) is 4.79 Å². The molecule has 0 radical (unpaired) electrons. The normalized spacial score (nSPS) is 18.2. The van der Waals surface area contributed by atoms with Crippen molar-refractivity contribution in [3.8, 4) is 11.5 Å². The summed E-state index contributed by atoms with van der Waals surface area (Å²) in [6, 6.07) is 12.3. The van der Waals surface area contributed by atoms with Gasteiger partial charge in [0.05, 0.1) is 11.6 Å². The second kappa shape index (κ2) is 9.56. The zero-order chi connectivity index (χ0) is 22.7. The summed E-state index contributed by atoms with van der Waals surface area (Å²) in [5, 5.41) is 2.29. The summed E-state index contributed by atoms with van der Waals surface area (Å²) in [5.41, 5.74) is 1.50. The van der Waals surface area contributed by atoms with Crippen molar-refractivity contribution in [1.82, 2.24) is 10.2 Å². The topological polar surface area (TPSA) is 84.9 Å². The number of nitrogens with zero attached hydrogens (tertiary/aromatic N) is 1. The first-order chi connectivity index (χ1) is 15.5. The van der Waals surface area contributed by atoms with Gasteiger partial charge < -0.3 is 9.47 Å². The quantitative estimate of drug-likeness (QED) is 0.469. The Kier molecular flexibility index (Phi) is 6.60. The van der Waals surface area contributed by atoms with Crippen molar-refractivity contribution < 1.29 is 23.9 Å². The number of ether oxygens (including phenoxy) is 2. The number of methoxy groups -OCH3 is 1. The highest BCUT2D eigenvalue weighted by atomic mass is 79.9. The third-order valence-electron chi connectivity index (χ3n) is 5.61. The largest absolute Gasteiger partial charge is 0.493 e. The molecule has 0 bridgehead atoms. The SMILES string of the molecule is COc1cc(/C=C2\C(=O)NC(=O)N(C3CCCC3)C2=O)cc(Br)c1OCc1ccccc1. The van der Waals surface area contributed by atoms with Gasteiger partial charge in [-0.2, -0.15) is 0 Å². The lowest BCUT2D eigenvalue weighted by Gasteiger charge is -2.31. The van der Waals surface area contributed by atoms with E-state index >= 15 is 0 Å². The molecule has 0 atom stereocenters. The fourth-order valence-electron chi connectivity index (χ4n) is 4.02. The van der Waals surface area contributed by atoms with E-state index in [9.17, 15) is 14.4 Å². The van der Waals surface area contributed by atoms with E-state index in [1.165, 1.54) is 18.1 Å². The fraction of sp³-hybridized carbons (Fsp3) is 0.292. The van der Waals surface area contributed by atoms with Crippen molar-refractivity contribution in [3.05, 3.63) is 63.6 Å². The minimum atomic E-state index is -0.700. The van der Waals surface area contributed by atoms with Crippen LogP contribution in [0.2, 0.25) is 0 Å². The van der Waals surface area contributed by atoms with E-state index in [0.717, 1.165) is 31.2 Å². The van der Waals surface area contributed by atoms with Gasteiger partial charge in [0.2, 0.25) is 0 Å². The Morgan fingerprint density at radius 2 is 1.84 bits per heavy atom. The standard InChI is InChI=1S/C24H23BrN2O5/c1-31-20-13-16(12-19(25)21(20)32-14-15-7-3-2-4-8-15)11-18-22(28)26-24(30)27(23(18)29)17-9-5-6-10-17/h2-4,7-8,11-13,17H,5-6,9-10,14H2,1H3,(H,26,28,30)/b18-11+. The van der Waals surface area contributed by atoms with Crippen LogP contribution < -0.4 is 14.8 Å². The molecule has 2 aromatic carbocycles. The molecule has 4 amide bonds. The monoisotopic (exact) mass is 498 g/mol. The number of amides is 4. The summed E-state index contributed by atoms with van der Waals surface area (Å²) >= 11 is 3.50. The molecule has 1 aliphatic carbocycles. The number of nitrogens with one attached hydrogen (secondary N) is 1. The molecule has 8 heteroatoms. The fourth-order valence-corrected chi connectivity index (χ4v) is 4.60. The number of benzene rings is 2. The Bertz CT molecular complexity index is 1080. The molecule has 166 valence electrons. The van der Waals surface area contributed by atoms with E-state index in [2.05, 4.69) is 21.2 Å². The molecule has 1 aliphatic heterocycles. The maximum Gasteiger partial charge on any atom is 0.331 e. The number of barbiturate groups is 1. The molecule has 0 unspecified atom stereocenters. The van der Waals surface area contributed by atoms with Crippen LogP contribution >= 0.6 is 15.9 Å². The summed E-state index contributed by atoms with van der Waals surface area (Å²) in [6.45, 7) is 0.357. The molecule has 4 rings (SSSR count). The lowest BCUT2D eigenvalue weighted by atomic mass is 10.0. The number of rotatable bonds is 6. The molecule has 1 saturated heterocycles. The van der Waals surface area contributed by atoms with E-state index in [1.807, 2.05) is 30.3 Å². The van der Waals surface area contributed by atoms with Crippen molar-refractivity contribution in [3.63, 3.8) is 0 Å². The number of carbonyl (C=O) groups is 3. The van der Waals surface area contributed by atoms with Gasteiger partial charge in [-0.3, -0.25) is 19.8 Å². The number of hydrogen-bond donors (Lipinski definition) is 1. The minimum Gasteiger partial charge on any atom is -0.493 e.